The first-order chi connectivity index (χ1) is 7.13. The van der Waals surface area contributed by atoms with Gasteiger partial charge in [-0.2, -0.15) is 5.10 Å². The molecule has 0 fully saturated rings. The number of nitrogens with one attached hydrogen (secondary N) is 1. The Morgan fingerprint density at radius 2 is 2.33 bits per heavy atom. The normalized spacial score (nSPS) is 10.8. The smallest absolute Gasteiger partial charge is 0.225 e. The highest BCUT2D eigenvalue weighted by atomic mass is 32.1. The highest BCUT2D eigenvalue weighted by Crippen LogP contribution is 2.16. The van der Waals surface area contributed by atoms with Crippen molar-refractivity contribution in [2.75, 3.05) is 5.73 Å². The zero-order valence-corrected chi connectivity index (χ0v) is 9.38. The van der Waals surface area contributed by atoms with Crippen LogP contribution in [-0.4, -0.2) is 24.5 Å². The topological polar surface area (TPSA) is 77.4 Å². The minimum absolute atomic E-state index is 0.350. The van der Waals surface area contributed by atoms with Crippen LogP contribution >= 0.6 is 12.2 Å². The molecule has 0 atom stereocenters. The van der Waals surface area contributed by atoms with Gasteiger partial charge in [0.15, 0.2) is 0 Å². The lowest BCUT2D eigenvalue weighted by molar-refractivity contribution is 0.746. The van der Waals surface area contributed by atoms with Gasteiger partial charge < -0.3 is 5.73 Å². The molecule has 0 aliphatic carbocycles. The van der Waals surface area contributed by atoms with Gasteiger partial charge in [0, 0.05) is 13.2 Å². The highest BCUT2D eigenvalue weighted by molar-refractivity contribution is 7.71. The third kappa shape index (κ3) is 1.54. The summed E-state index contributed by atoms with van der Waals surface area (Å²) in [5.74, 6) is 0.350. The van der Waals surface area contributed by atoms with Gasteiger partial charge in [0.2, 0.25) is 10.7 Å². The number of anilines is 1. The molecule has 15 heavy (non-hydrogen) atoms. The van der Waals surface area contributed by atoms with Crippen LogP contribution in [0.25, 0.3) is 5.69 Å². The number of aryl methyl sites for hydroxylation is 2. The van der Waals surface area contributed by atoms with E-state index in [0.717, 1.165) is 17.8 Å². The van der Waals surface area contributed by atoms with Crippen LogP contribution in [-0.2, 0) is 13.5 Å². The average molecular weight is 224 g/mol. The predicted octanol–water partition coefficient (Wildman–Crippen LogP) is 0.808. The number of aromatic amines is 1. The molecule has 2 rings (SSSR count). The second-order valence-corrected chi connectivity index (χ2v) is 3.60. The molecular weight excluding hydrogens is 212 g/mol. The van der Waals surface area contributed by atoms with Crippen molar-refractivity contribution in [1.82, 2.24) is 24.5 Å². The Morgan fingerprint density at radius 1 is 1.60 bits per heavy atom. The number of rotatable bonds is 2. The van der Waals surface area contributed by atoms with Gasteiger partial charge in [-0.15, -0.1) is 5.10 Å². The fourth-order valence-corrected chi connectivity index (χ4v) is 1.74. The molecule has 0 aromatic carbocycles. The maximum Gasteiger partial charge on any atom is 0.225 e. The minimum atomic E-state index is 0.350. The second kappa shape index (κ2) is 3.50. The number of aromatic nitrogens is 5. The quantitative estimate of drug-likeness (QED) is 0.740. The molecule has 0 saturated carbocycles. The summed E-state index contributed by atoms with van der Waals surface area (Å²) in [4.78, 5) is 0. The molecule has 0 radical (unpaired) electrons. The number of nitrogen functional groups attached to an aromatic ring is 1. The van der Waals surface area contributed by atoms with Crippen molar-refractivity contribution >= 4 is 18.2 Å². The molecule has 0 spiro atoms. The fourth-order valence-electron chi connectivity index (χ4n) is 1.50. The van der Waals surface area contributed by atoms with Crippen LogP contribution in [0.5, 0.6) is 0 Å². The van der Waals surface area contributed by atoms with E-state index < -0.39 is 0 Å². The van der Waals surface area contributed by atoms with Gasteiger partial charge in [0.25, 0.3) is 0 Å². The van der Waals surface area contributed by atoms with E-state index >= 15 is 0 Å². The fraction of sp³-hybridized carbons (Fsp3) is 0.375. The van der Waals surface area contributed by atoms with Crippen LogP contribution in [0.3, 0.4) is 0 Å². The molecule has 2 aromatic heterocycles. The van der Waals surface area contributed by atoms with Crippen LogP contribution in [0, 0.1) is 4.77 Å². The first-order valence-electron chi connectivity index (χ1n) is 4.59. The van der Waals surface area contributed by atoms with E-state index in [1.807, 2.05) is 20.2 Å². The monoisotopic (exact) mass is 224 g/mol. The third-order valence-electron chi connectivity index (χ3n) is 2.16. The minimum Gasteiger partial charge on any atom is -0.368 e. The lowest BCUT2D eigenvalue weighted by Gasteiger charge is -2.01. The molecule has 7 heteroatoms. The van der Waals surface area contributed by atoms with E-state index in [-0.39, 0.29) is 0 Å². The number of hydrogen-bond donors (Lipinski definition) is 2. The number of nitrogens with zero attached hydrogens (tertiary/aromatic N) is 4. The standard InChI is InChI=1S/C8H12N6S/c1-3-5-6(4-13(2)12-5)14-7(9)10-11-8(14)15/h4H,3H2,1-2H3,(H2,9,10)(H,11,15). The van der Waals surface area contributed by atoms with E-state index in [0.29, 0.717) is 10.7 Å². The summed E-state index contributed by atoms with van der Waals surface area (Å²) >= 11 is 5.10. The summed E-state index contributed by atoms with van der Waals surface area (Å²) in [5.41, 5.74) is 7.55. The summed E-state index contributed by atoms with van der Waals surface area (Å²) < 4.78 is 3.90. The number of hydrogen-bond acceptors (Lipinski definition) is 4. The second-order valence-electron chi connectivity index (χ2n) is 3.21. The van der Waals surface area contributed by atoms with Crippen molar-refractivity contribution in [1.29, 1.82) is 0 Å². The molecule has 0 saturated heterocycles. The first-order valence-corrected chi connectivity index (χ1v) is 5.00. The molecule has 3 N–H and O–H groups in total. The molecule has 6 nitrogen and oxygen atoms in total. The van der Waals surface area contributed by atoms with Gasteiger partial charge in [-0.1, -0.05) is 6.92 Å². The van der Waals surface area contributed by atoms with E-state index in [2.05, 4.69) is 15.3 Å². The Hall–Kier alpha value is -1.63. The molecule has 2 heterocycles. The van der Waals surface area contributed by atoms with Crippen molar-refractivity contribution in [3.63, 3.8) is 0 Å². The SMILES string of the molecule is CCc1nn(C)cc1-n1c(N)n[nH]c1=S. The van der Waals surface area contributed by atoms with Gasteiger partial charge in [-0.3, -0.25) is 9.25 Å². The third-order valence-corrected chi connectivity index (χ3v) is 2.43. The summed E-state index contributed by atoms with van der Waals surface area (Å²) in [6.07, 6.45) is 2.70. The lowest BCUT2D eigenvalue weighted by atomic mass is 10.3. The van der Waals surface area contributed by atoms with E-state index in [1.54, 1.807) is 9.25 Å². The van der Waals surface area contributed by atoms with E-state index in [1.165, 1.54) is 0 Å². The molecule has 0 aliphatic heterocycles. The Labute approximate surface area is 91.7 Å². The molecule has 80 valence electrons. The molecule has 0 amide bonds. The molecule has 0 bridgehead atoms. The van der Waals surface area contributed by atoms with E-state index in [9.17, 15) is 0 Å². The summed E-state index contributed by atoms with van der Waals surface area (Å²) in [6.45, 7) is 2.03. The van der Waals surface area contributed by atoms with Gasteiger partial charge in [0.1, 0.15) is 0 Å². The average Bonchev–Trinajstić information content (AvgIpc) is 2.70. The van der Waals surface area contributed by atoms with Gasteiger partial charge in [-0.25, -0.2) is 5.10 Å². The maximum atomic E-state index is 5.72. The molecule has 0 aliphatic rings. The summed E-state index contributed by atoms with van der Waals surface area (Å²) in [5, 5.41) is 10.8. The molecule has 0 unspecified atom stereocenters. The Morgan fingerprint density at radius 3 is 2.87 bits per heavy atom. The van der Waals surface area contributed by atoms with Crippen molar-refractivity contribution in [3.8, 4) is 5.69 Å². The molecular formula is C8H12N6S. The van der Waals surface area contributed by atoms with Crippen LogP contribution in [0.1, 0.15) is 12.6 Å². The van der Waals surface area contributed by atoms with E-state index in [4.69, 9.17) is 18.0 Å². The summed E-state index contributed by atoms with van der Waals surface area (Å²) in [6, 6.07) is 0. The Kier molecular flexibility index (Phi) is 2.31. The lowest BCUT2D eigenvalue weighted by Crippen LogP contribution is -2.02. The van der Waals surface area contributed by atoms with Crippen LogP contribution in [0.15, 0.2) is 6.20 Å². The van der Waals surface area contributed by atoms with Crippen LogP contribution in [0.2, 0.25) is 0 Å². The number of H-pyrrole nitrogens is 1. The van der Waals surface area contributed by atoms with Gasteiger partial charge in [0.05, 0.1) is 11.4 Å². The highest BCUT2D eigenvalue weighted by Gasteiger charge is 2.12. The van der Waals surface area contributed by atoms with Gasteiger partial charge >= 0.3 is 0 Å². The Balaban J connectivity index is 2.68. The van der Waals surface area contributed by atoms with Crippen molar-refractivity contribution in [2.24, 2.45) is 7.05 Å². The van der Waals surface area contributed by atoms with Crippen molar-refractivity contribution < 1.29 is 0 Å². The van der Waals surface area contributed by atoms with Crippen LogP contribution < -0.4 is 5.73 Å². The number of nitrogens with two attached hydrogens (primary N) is 1. The first kappa shape index (κ1) is 9.91. The predicted molar refractivity (Wildman–Crippen MR) is 59.3 cm³/mol. The van der Waals surface area contributed by atoms with Crippen molar-refractivity contribution in [3.05, 3.63) is 16.7 Å². The maximum absolute atomic E-state index is 5.72. The summed E-state index contributed by atoms with van der Waals surface area (Å²) in [7, 11) is 1.86. The Bertz CT molecular complexity index is 534. The zero-order valence-electron chi connectivity index (χ0n) is 8.56. The van der Waals surface area contributed by atoms with Gasteiger partial charge in [-0.05, 0) is 18.6 Å². The molecule has 2 aromatic rings. The van der Waals surface area contributed by atoms with Crippen LogP contribution in [0.4, 0.5) is 5.95 Å². The largest absolute Gasteiger partial charge is 0.368 e. The van der Waals surface area contributed by atoms with Crippen molar-refractivity contribution in [2.45, 2.75) is 13.3 Å². The zero-order chi connectivity index (χ0) is 11.0.